The molecule has 0 unspecified atom stereocenters. The molecule has 1 N–H and O–H groups in total. The Labute approximate surface area is 161 Å². The smallest absolute Gasteiger partial charge is 0.255 e. The molecule has 0 saturated heterocycles. The highest BCUT2D eigenvalue weighted by Crippen LogP contribution is 2.26. The van der Waals surface area contributed by atoms with E-state index in [1.165, 1.54) is 0 Å². The quantitative estimate of drug-likeness (QED) is 0.580. The lowest BCUT2D eigenvalue weighted by Gasteiger charge is -2.12. The fourth-order valence-corrected chi connectivity index (χ4v) is 2.88. The lowest BCUT2D eigenvalue weighted by molar-refractivity contribution is 0.102. The van der Waals surface area contributed by atoms with Gasteiger partial charge in [0.2, 0.25) is 0 Å². The number of rotatable bonds is 5. The molecule has 2 heterocycles. The molecule has 2 aromatic carbocycles. The number of nitrogens with one attached hydrogen (secondary N) is 1. The van der Waals surface area contributed by atoms with E-state index in [1.807, 2.05) is 41.2 Å². The van der Waals surface area contributed by atoms with Gasteiger partial charge in [0.1, 0.15) is 11.4 Å². The number of methoxy groups -OCH3 is 1. The van der Waals surface area contributed by atoms with E-state index in [9.17, 15) is 4.79 Å². The summed E-state index contributed by atoms with van der Waals surface area (Å²) in [5, 5.41) is 14.4. The molecule has 0 atom stereocenters. The van der Waals surface area contributed by atoms with Crippen LogP contribution in [0, 0.1) is 6.92 Å². The molecule has 0 aliphatic rings. The molecule has 0 radical (unpaired) electrons. The molecule has 8 heteroatoms. The average Bonchev–Trinajstić information content (AvgIpc) is 3.40. The molecule has 4 rings (SSSR count). The number of nitrogens with zero attached hydrogens (tertiary/aromatic N) is 5. The number of aromatic nitrogens is 5. The Morgan fingerprint density at radius 2 is 1.82 bits per heavy atom. The van der Waals surface area contributed by atoms with Crippen LogP contribution in [0.4, 0.5) is 5.69 Å². The molecule has 28 heavy (non-hydrogen) atoms. The largest absolute Gasteiger partial charge is 0.494 e. The number of carbonyl (C=O) groups excluding carboxylic acids is 1. The van der Waals surface area contributed by atoms with Crippen molar-refractivity contribution < 1.29 is 9.53 Å². The third-order valence-electron chi connectivity index (χ3n) is 4.32. The average molecular weight is 374 g/mol. The molecular weight excluding hydrogens is 356 g/mol. The molecule has 8 nitrogen and oxygen atoms in total. The highest BCUT2D eigenvalue weighted by molar-refractivity contribution is 6.04. The summed E-state index contributed by atoms with van der Waals surface area (Å²) < 4.78 is 8.92. The second-order valence-electron chi connectivity index (χ2n) is 6.12. The zero-order chi connectivity index (χ0) is 19.5. The fourth-order valence-electron chi connectivity index (χ4n) is 2.88. The summed E-state index contributed by atoms with van der Waals surface area (Å²) >= 11 is 0. The number of anilines is 1. The minimum absolute atomic E-state index is 0.205. The molecule has 0 saturated carbocycles. The third-order valence-corrected chi connectivity index (χ3v) is 4.32. The number of tetrazole rings is 1. The van der Waals surface area contributed by atoms with Gasteiger partial charge in [0.05, 0.1) is 7.11 Å². The van der Waals surface area contributed by atoms with Crippen LogP contribution in [0.3, 0.4) is 0 Å². The van der Waals surface area contributed by atoms with Gasteiger partial charge in [-0.15, -0.1) is 5.10 Å². The molecule has 2 aromatic heterocycles. The summed E-state index contributed by atoms with van der Waals surface area (Å²) in [4.78, 5) is 12.6. The van der Waals surface area contributed by atoms with E-state index in [0.717, 1.165) is 5.69 Å². The van der Waals surface area contributed by atoms with Gasteiger partial charge >= 0.3 is 0 Å². The molecule has 0 aliphatic carbocycles. The van der Waals surface area contributed by atoms with Gasteiger partial charge in [-0.25, -0.2) is 0 Å². The first-order chi connectivity index (χ1) is 13.7. The SMILES string of the molecule is COc1ccc(NC(=O)c2ccc(-n3cccc3)cc2)cc1-n1nnnc1C. The van der Waals surface area contributed by atoms with Gasteiger partial charge in [-0.1, -0.05) is 0 Å². The molecule has 0 spiro atoms. The predicted octanol–water partition coefficient (Wildman–Crippen LogP) is 3.02. The van der Waals surface area contributed by atoms with Crippen molar-refractivity contribution in [3.63, 3.8) is 0 Å². The minimum Gasteiger partial charge on any atom is -0.494 e. The number of benzene rings is 2. The zero-order valence-corrected chi connectivity index (χ0v) is 15.4. The van der Waals surface area contributed by atoms with Crippen LogP contribution in [0.1, 0.15) is 16.2 Å². The van der Waals surface area contributed by atoms with Crippen LogP contribution >= 0.6 is 0 Å². The van der Waals surface area contributed by atoms with Gasteiger partial charge in [-0.2, -0.15) is 4.68 Å². The van der Waals surface area contributed by atoms with E-state index in [4.69, 9.17) is 4.74 Å². The zero-order valence-electron chi connectivity index (χ0n) is 15.4. The molecule has 1 amide bonds. The van der Waals surface area contributed by atoms with E-state index in [0.29, 0.717) is 28.5 Å². The summed E-state index contributed by atoms with van der Waals surface area (Å²) in [6.45, 7) is 1.79. The van der Waals surface area contributed by atoms with Crippen molar-refractivity contribution in [1.29, 1.82) is 0 Å². The maximum atomic E-state index is 12.6. The molecule has 0 fully saturated rings. The Hall–Kier alpha value is -3.94. The summed E-state index contributed by atoms with van der Waals surface area (Å²) in [6.07, 6.45) is 3.91. The number of hydrogen-bond donors (Lipinski definition) is 1. The van der Waals surface area contributed by atoms with Crippen molar-refractivity contribution >= 4 is 11.6 Å². The molecular formula is C20H18N6O2. The highest BCUT2D eigenvalue weighted by Gasteiger charge is 2.13. The first-order valence-electron chi connectivity index (χ1n) is 8.64. The third kappa shape index (κ3) is 3.35. The molecule has 4 aromatic rings. The van der Waals surface area contributed by atoms with Gasteiger partial charge in [0.15, 0.2) is 5.82 Å². The number of amides is 1. The Bertz CT molecular complexity index is 1100. The van der Waals surface area contributed by atoms with E-state index in [-0.39, 0.29) is 5.91 Å². The number of carbonyl (C=O) groups is 1. The van der Waals surface area contributed by atoms with Gasteiger partial charge in [0.25, 0.3) is 5.91 Å². The number of aryl methyl sites for hydroxylation is 1. The second kappa shape index (κ2) is 7.36. The summed E-state index contributed by atoms with van der Waals surface area (Å²) in [6, 6.07) is 16.6. The molecule has 0 aliphatic heterocycles. The Kier molecular flexibility index (Phi) is 4.59. The summed E-state index contributed by atoms with van der Waals surface area (Å²) in [5.74, 6) is 1.01. The van der Waals surface area contributed by atoms with Gasteiger partial charge < -0.3 is 14.6 Å². The second-order valence-corrected chi connectivity index (χ2v) is 6.12. The highest BCUT2D eigenvalue weighted by atomic mass is 16.5. The van der Waals surface area contributed by atoms with Gasteiger partial charge in [-0.3, -0.25) is 4.79 Å². The first kappa shape index (κ1) is 17.5. The standard InChI is InChI=1S/C20H18N6O2/c1-14-22-23-24-26(14)18-13-16(7-10-19(18)28-2)21-20(27)15-5-8-17(9-6-15)25-11-3-4-12-25/h3-13H,1-2H3,(H,21,27). The molecule has 140 valence electrons. The number of ether oxygens (including phenoxy) is 1. The van der Waals surface area contributed by atoms with Crippen LogP contribution in [0.15, 0.2) is 67.0 Å². The Balaban J connectivity index is 1.57. The predicted molar refractivity (Wildman–Crippen MR) is 104 cm³/mol. The van der Waals surface area contributed by atoms with Crippen molar-refractivity contribution in [3.8, 4) is 17.1 Å². The van der Waals surface area contributed by atoms with E-state index in [2.05, 4.69) is 20.8 Å². The van der Waals surface area contributed by atoms with Crippen LogP contribution in [-0.2, 0) is 0 Å². The van der Waals surface area contributed by atoms with Crippen LogP contribution < -0.4 is 10.1 Å². The molecule has 0 bridgehead atoms. The van der Waals surface area contributed by atoms with Crippen molar-refractivity contribution in [3.05, 3.63) is 78.4 Å². The maximum Gasteiger partial charge on any atom is 0.255 e. The van der Waals surface area contributed by atoms with Crippen LogP contribution in [-0.4, -0.2) is 37.8 Å². The van der Waals surface area contributed by atoms with Crippen molar-refractivity contribution in [2.75, 3.05) is 12.4 Å². The van der Waals surface area contributed by atoms with Crippen LogP contribution in [0.2, 0.25) is 0 Å². The lowest BCUT2D eigenvalue weighted by Crippen LogP contribution is -2.12. The van der Waals surface area contributed by atoms with Crippen LogP contribution in [0.25, 0.3) is 11.4 Å². The van der Waals surface area contributed by atoms with Gasteiger partial charge in [-0.05, 0) is 71.9 Å². The lowest BCUT2D eigenvalue weighted by atomic mass is 10.2. The van der Waals surface area contributed by atoms with Crippen molar-refractivity contribution in [2.24, 2.45) is 0 Å². The summed E-state index contributed by atoms with van der Waals surface area (Å²) in [7, 11) is 1.57. The van der Waals surface area contributed by atoms with Crippen molar-refractivity contribution in [1.82, 2.24) is 24.8 Å². The van der Waals surface area contributed by atoms with Gasteiger partial charge in [0, 0.05) is 29.3 Å². The monoisotopic (exact) mass is 374 g/mol. The van der Waals surface area contributed by atoms with E-state index < -0.39 is 0 Å². The fraction of sp³-hybridized carbons (Fsp3) is 0.100. The minimum atomic E-state index is -0.205. The normalized spacial score (nSPS) is 10.6. The maximum absolute atomic E-state index is 12.6. The van der Waals surface area contributed by atoms with Crippen molar-refractivity contribution in [2.45, 2.75) is 6.92 Å². The topological polar surface area (TPSA) is 86.9 Å². The number of hydrogen-bond acceptors (Lipinski definition) is 5. The summed E-state index contributed by atoms with van der Waals surface area (Å²) in [5.41, 5.74) is 2.81. The van der Waals surface area contributed by atoms with E-state index >= 15 is 0 Å². The Morgan fingerprint density at radius 3 is 2.46 bits per heavy atom. The van der Waals surface area contributed by atoms with E-state index in [1.54, 1.807) is 49.0 Å². The first-order valence-corrected chi connectivity index (χ1v) is 8.64. The van der Waals surface area contributed by atoms with Crippen LogP contribution in [0.5, 0.6) is 5.75 Å². The Morgan fingerprint density at radius 1 is 1.07 bits per heavy atom.